The van der Waals surface area contributed by atoms with E-state index >= 15 is 0 Å². The van der Waals surface area contributed by atoms with Gasteiger partial charge in [0, 0.05) is 22.9 Å². The molecule has 0 aliphatic heterocycles. The molecular formula is C21H20ClN3O3S. The van der Waals surface area contributed by atoms with Crippen molar-refractivity contribution in [2.45, 2.75) is 26.9 Å². The molecule has 0 aliphatic rings. The standard InChI is InChI=1S/C21H20ClN3O3S/c1-12(2)28-16-7-4-14(5-8-16)21-25-19(11-29-21)20(27)24-18-10-15(22)6-9-17(18)23-13(3)26/h4-12H,1-3H3,(H,23,26)(H,24,27). The molecule has 0 fully saturated rings. The molecule has 0 spiro atoms. The molecule has 0 saturated carbocycles. The molecule has 2 amide bonds. The molecule has 1 heterocycles. The van der Waals surface area contributed by atoms with E-state index in [1.807, 2.05) is 38.1 Å². The maximum absolute atomic E-state index is 12.6. The van der Waals surface area contributed by atoms with Gasteiger partial charge >= 0.3 is 0 Å². The van der Waals surface area contributed by atoms with E-state index in [4.69, 9.17) is 16.3 Å². The second-order valence-electron chi connectivity index (χ2n) is 6.55. The van der Waals surface area contributed by atoms with Crippen LogP contribution in [0.15, 0.2) is 47.8 Å². The Morgan fingerprint density at radius 3 is 2.45 bits per heavy atom. The van der Waals surface area contributed by atoms with Crippen LogP contribution in [0.4, 0.5) is 11.4 Å². The highest BCUT2D eigenvalue weighted by Crippen LogP contribution is 2.29. The number of carbonyl (C=O) groups excluding carboxylic acids is 2. The Hall–Kier alpha value is -2.90. The summed E-state index contributed by atoms with van der Waals surface area (Å²) in [5, 5.41) is 8.27. The summed E-state index contributed by atoms with van der Waals surface area (Å²) < 4.78 is 5.64. The van der Waals surface area contributed by atoms with Gasteiger partial charge in [-0.15, -0.1) is 11.3 Å². The molecule has 0 radical (unpaired) electrons. The van der Waals surface area contributed by atoms with Gasteiger partial charge in [0.05, 0.1) is 17.5 Å². The number of hydrogen-bond acceptors (Lipinski definition) is 5. The smallest absolute Gasteiger partial charge is 0.275 e. The lowest BCUT2D eigenvalue weighted by molar-refractivity contribution is -0.114. The minimum atomic E-state index is -0.388. The van der Waals surface area contributed by atoms with Gasteiger partial charge in [0.2, 0.25) is 5.91 Å². The zero-order valence-corrected chi connectivity index (χ0v) is 17.7. The van der Waals surface area contributed by atoms with E-state index < -0.39 is 0 Å². The largest absolute Gasteiger partial charge is 0.491 e. The van der Waals surface area contributed by atoms with Gasteiger partial charge < -0.3 is 15.4 Å². The van der Waals surface area contributed by atoms with Gasteiger partial charge in [-0.2, -0.15) is 0 Å². The van der Waals surface area contributed by atoms with Crippen LogP contribution in [0.1, 0.15) is 31.3 Å². The van der Waals surface area contributed by atoms with Crippen LogP contribution in [0, 0.1) is 0 Å². The van der Waals surface area contributed by atoms with Crippen molar-refractivity contribution in [2.75, 3.05) is 10.6 Å². The van der Waals surface area contributed by atoms with Crippen molar-refractivity contribution in [1.29, 1.82) is 0 Å². The number of carbonyl (C=O) groups is 2. The molecule has 8 heteroatoms. The van der Waals surface area contributed by atoms with Crippen molar-refractivity contribution in [1.82, 2.24) is 4.98 Å². The van der Waals surface area contributed by atoms with Crippen LogP contribution in [0.2, 0.25) is 5.02 Å². The number of hydrogen-bond donors (Lipinski definition) is 2. The minimum Gasteiger partial charge on any atom is -0.491 e. The van der Waals surface area contributed by atoms with Crippen LogP contribution in [-0.2, 0) is 4.79 Å². The summed E-state index contributed by atoms with van der Waals surface area (Å²) in [6.45, 7) is 5.33. The van der Waals surface area contributed by atoms with Crippen LogP contribution in [0.5, 0.6) is 5.75 Å². The second kappa shape index (κ2) is 9.07. The number of thiazole rings is 1. The van der Waals surface area contributed by atoms with Crippen LogP contribution < -0.4 is 15.4 Å². The summed E-state index contributed by atoms with van der Waals surface area (Å²) >= 11 is 7.39. The number of rotatable bonds is 6. The Kier molecular flexibility index (Phi) is 6.51. The monoisotopic (exact) mass is 429 g/mol. The summed E-state index contributed by atoms with van der Waals surface area (Å²) in [6, 6.07) is 12.4. The van der Waals surface area contributed by atoms with E-state index in [0.717, 1.165) is 16.3 Å². The maximum atomic E-state index is 12.6. The molecule has 0 bridgehead atoms. The molecule has 150 valence electrons. The Morgan fingerprint density at radius 1 is 1.07 bits per heavy atom. The van der Waals surface area contributed by atoms with Crippen LogP contribution >= 0.6 is 22.9 Å². The quantitative estimate of drug-likeness (QED) is 0.545. The van der Waals surface area contributed by atoms with E-state index in [9.17, 15) is 9.59 Å². The SMILES string of the molecule is CC(=O)Nc1ccc(Cl)cc1NC(=O)c1csc(-c2ccc(OC(C)C)cc2)n1. The molecule has 1 aromatic heterocycles. The number of aromatic nitrogens is 1. The third-order valence-corrected chi connectivity index (χ3v) is 4.88. The van der Waals surface area contributed by atoms with Crippen molar-refractivity contribution in [3.63, 3.8) is 0 Å². The van der Waals surface area contributed by atoms with E-state index in [0.29, 0.717) is 16.4 Å². The van der Waals surface area contributed by atoms with Gasteiger partial charge in [-0.1, -0.05) is 11.6 Å². The number of benzene rings is 2. The van der Waals surface area contributed by atoms with Crippen molar-refractivity contribution < 1.29 is 14.3 Å². The number of nitrogens with zero attached hydrogens (tertiary/aromatic N) is 1. The fourth-order valence-corrected chi connectivity index (χ4v) is 3.54. The van der Waals surface area contributed by atoms with Gasteiger partial charge in [-0.3, -0.25) is 9.59 Å². The zero-order valence-electron chi connectivity index (χ0n) is 16.2. The van der Waals surface area contributed by atoms with Crippen molar-refractivity contribution in [2.24, 2.45) is 0 Å². The van der Waals surface area contributed by atoms with Crippen molar-refractivity contribution in [3.8, 4) is 16.3 Å². The lowest BCUT2D eigenvalue weighted by atomic mass is 10.2. The first kappa shape index (κ1) is 20.8. The normalized spacial score (nSPS) is 10.7. The third kappa shape index (κ3) is 5.56. The van der Waals surface area contributed by atoms with Gasteiger partial charge in [-0.25, -0.2) is 4.98 Å². The number of amides is 2. The van der Waals surface area contributed by atoms with E-state index in [1.165, 1.54) is 18.3 Å². The van der Waals surface area contributed by atoms with Gasteiger partial charge in [0.25, 0.3) is 5.91 Å². The average molecular weight is 430 g/mol. The molecule has 6 nitrogen and oxygen atoms in total. The molecule has 29 heavy (non-hydrogen) atoms. The van der Waals surface area contributed by atoms with Crippen molar-refractivity contribution >= 4 is 46.1 Å². The summed E-state index contributed by atoms with van der Waals surface area (Å²) in [4.78, 5) is 28.4. The topological polar surface area (TPSA) is 80.3 Å². The summed E-state index contributed by atoms with van der Waals surface area (Å²) in [5.41, 5.74) is 2.04. The Balaban J connectivity index is 1.76. The zero-order chi connectivity index (χ0) is 21.0. The third-order valence-electron chi connectivity index (χ3n) is 3.75. The molecule has 0 unspecified atom stereocenters. The highest BCUT2D eigenvalue weighted by molar-refractivity contribution is 7.13. The first-order valence-electron chi connectivity index (χ1n) is 8.93. The predicted molar refractivity (Wildman–Crippen MR) is 117 cm³/mol. The molecule has 3 rings (SSSR count). The Labute approximate surface area is 177 Å². The molecule has 0 atom stereocenters. The fraction of sp³-hybridized carbons (Fsp3) is 0.190. The first-order valence-corrected chi connectivity index (χ1v) is 10.2. The molecule has 0 saturated heterocycles. The number of halogens is 1. The highest BCUT2D eigenvalue weighted by Gasteiger charge is 2.15. The fourth-order valence-electron chi connectivity index (χ4n) is 2.56. The van der Waals surface area contributed by atoms with Crippen molar-refractivity contribution in [3.05, 3.63) is 58.6 Å². The predicted octanol–water partition coefficient (Wildman–Crippen LogP) is 5.46. The lowest BCUT2D eigenvalue weighted by Gasteiger charge is -2.11. The molecular weight excluding hydrogens is 410 g/mol. The van der Waals surface area contributed by atoms with E-state index in [1.54, 1.807) is 23.6 Å². The molecule has 3 aromatic rings. The van der Waals surface area contributed by atoms with Crippen LogP contribution in [0.3, 0.4) is 0 Å². The van der Waals surface area contributed by atoms with Gasteiger partial charge in [-0.05, 0) is 56.3 Å². The highest BCUT2D eigenvalue weighted by atomic mass is 35.5. The number of nitrogens with one attached hydrogen (secondary N) is 2. The molecule has 2 aromatic carbocycles. The molecule has 2 N–H and O–H groups in total. The maximum Gasteiger partial charge on any atom is 0.275 e. The summed E-state index contributed by atoms with van der Waals surface area (Å²) in [7, 11) is 0. The van der Waals surface area contributed by atoms with E-state index in [2.05, 4.69) is 15.6 Å². The summed E-state index contributed by atoms with van der Waals surface area (Å²) in [5.74, 6) is 0.148. The Morgan fingerprint density at radius 2 is 1.79 bits per heavy atom. The second-order valence-corrected chi connectivity index (χ2v) is 7.85. The number of anilines is 2. The minimum absolute atomic E-state index is 0.102. The molecule has 0 aliphatic carbocycles. The lowest BCUT2D eigenvalue weighted by Crippen LogP contribution is -2.15. The van der Waals surface area contributed by atoms with Crippen LogP contribution in [0.25, 0.3) is 10.6 Å². The summed E-state index contributed by atoms with van der Waals surface area (Å²) in [6.07, 6.45) is 0.102. The van der Waals surface area contributed by atoms with Gasteiger partial charge in [0.15, 0.2) is 0 Å². The Bertz CT molecular complexity index is 1030. The first-order chi connectivity index (χ1) is 13.8. The number of ether oxygens (including phenoxy) is 1. The van der Waals surface area contributed by atoms with Crippen LogP contribution in [-0.4, -0.2) is 22.9 Å². The van der Waals surface area contributed by atoms with Gasteiger partial charge in [0.1, 0.15) is 16.5 Å². The average Bonchev–Trinajstić information content (AvgIpc) is 3.14. The van der Waals surface area contributed by atoms with E-state index in [-0.39, 0.29) is 23.6 Å².